The first-order chi connectivity index (χ1) is 20.1. The van der Waals surface area contributed by atoms with E-state index in [1.807, 2.05) is 19.0 Å². The van der Waals surface area contributed by atoms with Crippen LogP contribution in [0.2, 0.25) is 0 Å². The number of Topliss-reactive ketones (excluding diaryl/α,β-unsaturated/α-hetero) is 2. The molecule has 6 atom stereocenters. The van der Waals surface area contributed by atoms with Gasteiger partial charge in [-0.2, -0.15) is 0 Å². The number of phenols is 1. The van der Waals surface area contributed by atoms with Gasteiger partial charge in [-0.15, -0.1) is 0 Å². The first-order valence-corrected chi connectivity index (χ1v) is 15.3. The van der Waals surface area contributed by atoms with Gasteiger partial charge in [0.1, 0.15) is 22.8 Å². The van der Waals surface area contributed by atoms with E-state index in [4.69, 9.17) is 5.73 Å². The Labute approximate surface area is 251 Å². The van der Waals surface area contributed by atoms with Gasteiger partial charge in [0.2, 0.25) is 5.78 Å². The van der Waals surface area contributed by atoms with Crippen molar-refractivity contribution in [2.45, 2.75) is 64.5 Å². The van der Waals surface area contributed by atoms with E-state index < -0.39 is 52.0 Å². The Morgan fingerprint density at radius 2 is 1.74 bits per heavy atom. The quantitative estimate of drug-likeness (QED) is 0.312. The van der Waals surface area contributed by atoms with Gasteiger partial charge in [-0.3, -0.25) is 14.4 Å². The SMILES string of the molecule is CN(Cc1cc(O)c2c(c1N(C)C)CC1C[C@H]3CC(=O)C(C(N)=O)=C(O)[C@@]3(O)C(=O)C1=C2O)C[C@H]1CCC2CC1C2(C)C. The summed E-state index contributed by atoms with van der Waals surface area (Å²) in [6.45, 7) is 6.34. The lowest BCUT2D eigenvalue weighted by Crippen LogP contribution is -2.58. The van der Waals surface area contributed by atoms with Crippen LogP contribution in [-0.2, 0) is 27.3 Å². The van der Waals surface area contributed by atoms with Gasteiger partial charge in [0, 0.05) is 50.8 Å². The number of hydrogen-bond acceptors (Lipinski definition) is 9. The molecule has 43 heavy (non-hydrogen) atoms. The maximum Gasteiger partial charge on any atom is 0.255 e. The fraction of sp³-hybridized carbons (Fsp3) is 0.606. The van der Waals surface area contributed by atoms with Gasteiger partial charge < -0.3 is 36.0 Å². The molecule has 4 fully saturated rings. The predicted octanol–water partition coefficient (Wildman–Crippen LogP) is 2.99. The van der Waals surface area contributed by atoms with E-state index in [1.165, 1.54) is 19.3 Å². The van der Waals surface area contributed by atoms with Gasteiger partial charge in [-0.25, -0.2) is 0 Å². The number of anilines is 1. The Hall–Kier alpha value is -3.37. The molecule has 10 heteroatoms. The van der Waals surface area contributed by atoms with Crippen LogP contribution in [-0.4, -0.2) is 76.1 Å². The summed E-state index contributed by atoms with van der Waals surface area (Å²) in [6, 6.07) is 1.64. The molecule has 7 rings (SSSR count). The van der Waals surface area contributed by atoms with Crippen molar-refractivity contribution < 1.29 is 34.8 Å². The van der Waals surface area contributed by atoms with E-state index >= 15 is 0 Å². The molecular weight excluding hydrogens is 550 g/mol. The second kappa shape index (κ2) is 9.82. The smallest absolute Gasteiger partial charge is 0.255 e. The average Bonchev–Trinajstić information content (AvgIpc) is 2.90. The number of aliphatic hydroxyl groups is 3. The van der Waals surface area contributed by atoms with E-state index in [0.717, 1.165) is 29.6 Å². The third kappa shape index (κ3) is 4.16. The highest BCUT2D eigenvalue weighted by molar-refractivity contribution is 6.22. The summed E-state index contributed by atoms with van der Waals surface area (Å²) in [6.07, 6.45) is 3.88. The number of rotatable bonds is 6. The molecule has 4 saturated carbocycles. The minimum Gasteiger partial charge on any atom is -0.508 e. The number of fused-ring (bicyclic) bond motifs is 5. The fourth-order valence-corrected chi connectivity index (χ4v) is 9.36. The number of primary amides is 1. The topological polar surface area (TPSA) is 165 Å². The molecule has 232 valence electrons. The van der Waals surface area contributed by atoms with Crippen LogP contribution in [0.4, 0.5) is 5.69 Å². The lowest BCUT2D eigenvalue weighted by atomic mass is 9.45. The van der Waals surface area contributed by atoms with Crippen LogP contribution in [0.25, 0.3) is 5.76 Å². The zero-order valence-electron chi connectivity index (χ0n) is 25.6. The molecule has 6 N–H and O–H groups in total. The Morgan fingerprint density at radius 1 is 1.05 bits per heavy atom. The number of benzene rings is 1. The van der Waals surface area contributed by atoms with Gasteiger partial charge in [0.25, 0.3) is 5.91 Å². The van der Waals surface area contributed by atoms with Crippen LogP contribution in [0, 0.1) is 35.0 Å². The summed E-state index contributed by atoms with van der Waals surface area (Å²) in [5.74, 6) is -4.01. The fourth-order valence-electron chi connectivity index (χ4n) is 9.36. The molecule has 0 radical (unpaired) electrons. The number of aromatic hydroxyl groups is 1. The molecule has 0 aromatic heterocycles. The minimum atomic E-state index is -2.56. The second-order valence-corrected chi connectivity index (χ2v) is 14.5. The monoisotopic (exact) mass is 593 g/mol. The summed E-state index contributed by atoms with van der Waals surface area (Å²) < 4.78 is 0. The Balaban J connectivity index is 1.36. The van der Waals surface area contributed by atoms with Crippen molar-refractivity contribution >= 4 is 28.9 Å². The van der Waals surface area contributed by atoms with Gasteiger partial charge in [-0.05, 0) is 85.4 Å². The number of nitrogens with two attached hydrogens (primary N) is 1. The van der Waals surface area contributed by atoms with E-state index in [0.29, 0.717) is 23.4 Å². The largest absolute Gasteiger partial charge is 0.508 e. The number of carbonyl (C=O) groups is 3. The molecule has 6 aliphatic carbocycles. The second-order valence-electron chi connectivity index (χ2n) is 14.5. The molecule has 6 aliphatic rings. The zero-order valence-corrected chi connectivity index (χ0v) is 25.6. The van der Waals surface area contributed by atoms with Crippen molar-refractivity contribution in [3.63, 3.8) is 0 Å². The lowest BCUT2D eigenvalue weighted by molar-refractivity contribution is -0.147. The molecule has 0 saturated heterocycles. The van der Waals surface area contributed by atoms with Crippen molar-refractivity contribution in [3.05, 3.63) is 39.7 Å². The van der Waals surface area contributed by atoms with Crippen LogP contribution in [0.3, 0.4) is 0 Å². The van der Waals surface area contributed by atoms with Crippen molar-refractivity contribution in [3.8, 4) is 5.75 Å². The highest BCUT2D eigenvalue weighted by Crippen LogP contribution is 2.61. The highest BCUT2D eigenvalue weighted by Gasteiger charge is 2.60. The molecular formula is C33H43N3O7. The number of amides is 1. The zero-order chi connectivity index (χ0) is 31.3. The number of carbonyl (C=O) groups excluding carboxylic acids is 3. The standard InChI is InChI=1S/C33H43N3O7/c1-32(2)18-7-6-15(21(32)11-18)13-36(5)14-17-10-22(37)25-20(27(17)35(3)4)9-16-8-19-12-23(38)26(31(34)42)30(41)33(19,43)29(40)24(16)28(25)39/h10,15-16,18-19,21,37,39,41,43H,6-9,11-14H2,1-5H3,(H2,34,42)/t15-,16?,18?,19+,21?,33+/m1/s1. The maximum atomic E-state index is 13.8. The molecule has 3 unspecified atom stereocenters. The Kier molecular flexibility index (Phi) is 6.78. The van der Waals surface area contributed by atoms with Crippen molar-refractivity contribution in [1.82, 2.24) is 4.90 Å². The minimum absolute atomic E-state index is 0.112. The van der Waals surface area contributed by atoms with Gasteiger partial charge in [0.05, 0.1) is 5.56 Å². The van der Waals surface area contributed by atoms with Gasteiger partial charge >= 0.3 is 0 Å². The maximum absolute atomic E-state index is 13.8. The average molecular weight is 594 g/mol. The number of hydrogen-bond donors (Lipinski definition) is 5. The number of aliphatic hydroxyl groups excluding tert-OH is 2. The summed E-state index contributed by atoms with van der Waals surface area (Å²) >= 11 is 0. The summed E-state index contributed by atoms with van der Waals surface area (Å²) in [5.41, 5.74) is 4.76. The molecule has 1 amide bonds. The molecule has 1 aromatic rings. The molecule has 1 aromatic carbocycles. The highest BCUT2D eigenvalue weighted by atomic mass is 16.3. The lowest BCUT2D eigenvalue weighted by Gasteiger charge is -2.60. The van der Waals surface area contributed by atoms with Crippen molar-refractivity contribution in [1.29, 1.82) is 0 Å². The summed E-state index contributed by atoms with van der Waals surface area (Å²) in [5, 5.41) is 45.0. The van der Waals surface area contributed by atoms with Crippen LogP contribution in [0.1, 0.15) is 62.6 Å². The van der Waals surface area contributed by atoms with Gasteiger partial charge in [-0.1, -0.05) is 13.8 Å². The summed E-state index contributed by atoms with van der Waals surface area (Å²) in [4.78, 5) is 42.6. The van der Waals surface area contributed by atoms with E-state index in [9.17, 15) is 34.8 Å². The first-order valence-electron chi connectivity index (χ1n) is 15.3. The van der Waals surface area contributed by atoms with Crippen molar-refractivity contribution in [2.24, 2.45) is 40.7 Å². The van der Waals surface area contributed by atoms with Gasteiger partial charge in [0.15, 0.2) is 11.4 Å². The van der Waals surface area contributed by atoms with Crippen LogP contribution < -0.4 is 10.6 Å². The molecule has 2 bridgehead atoms. The predicted molar refractivity (Wildman–Crippen MR) is 160 cm³/mol. The van der Waals surface area contributed by atoms with Crippen LogP contribution in [0.15, 0.2) is 23.0 Å². The Morgan fingerprint density at radius 3 is 2.35 bits per heavy atom. The third-order valence-corrected chi connectivity index (χ3v) is 11.6. The Bertz CT molecular complexity index is 1510. The summed E-state index contributed by atoms with van der Waals surface area (Å²) in [7, 11) is 5.91. The van der Waals surface area contributed by atoms with E-state index in [2.05, 4.69) is 25.8 Å². The number of ketones is 2. The third-order valence-electron chi connectivity index (χ3n) is 11.6. The van der Waals surface area contributed by atoms with Crippen LogP contribution >= 0.6 is 0 Å². The molecule has 0 spiro atoms. The molecule has 0 heterocycles. The van der Waals surface area contributed by atoms with E-state index in [-0.39, 0.29) is 36.1 Å². The first kappa shape index (κ1) is 29.7. The van der Waals surface area contributed by atoms with Crippen molar-refractivity contribution in [2.75, 3.05) is 32.6 Å². The molecule has 10 nitrogen and oxygen atoms in total. The molecule has 0 aliphatic heterocycles. The number of phenolic OH excluding ortho intramolecular Hbond substituents is 1. The van der Waals surface area contributed by atoms with Crippen LogP contribution in [0.5, 0.6) is 5.75 Å². The number of nitrogens with zero attached hydrogens (tertiary/aromatic N) is 2. The van der Waals surface area contributed by atoms with E-state index in [1.54, 1.807) is 6.07 Å². The normalized spacial score (nSPS) is 32.7.